The van der Waals surface area contributed by atoms with Gasteiger partial charge in [0.1, 0.15) is 0 Å². The lowest BCUT2D eigenvalue weighted by Crippen LogP contribution is -1.75. The first-order valence-electron chi connectivity index (χ1n) is 6.63. The Balaban J connectivity index is 3.36. The van der Waals surface area contributed by atoms with Gasteiger partial charge in [0.15, 0.2) is 0 Å². The van der Waals surface area contributed by atoms with Crippen LogP contribution >= 0.6 is 0 Å². The fourth-order valence-electron chi connectivity index (χ4n) is 1.39. The quantitative estimate of drug-likeness (QED) is 0.316. The third kappa shape index (κ3) is 14.6. The van der Waals surface area contributed by atoms with E-state index in [1.165, 1.54) is 38.5 Å². The van der Waals surface area contributed by atoms with Gasteiger partial charge in [0.05, 0.1) is 0 Å². The van der Waals surface area contributed by atoms with Crippen LogP contribution in [0.5, 0.6) is 0 Å². The summed E-state index contributed by atoms with van der Waals surface area (Å²) in [6.45, 7) is 5.84. The van der Waals surface area contributed by atoms with Crippen LogP contribution in [0.2, 0.25) is 0 Å². The van der Waals surface area contributed by atoms with Crippen LogP contribution in [0.3, 0.4) is 0 Å². The molecule has 0 atom stereocenters. The van der Waals surface area contributed by atoms with Gasteiger partial charge in [-0.25, -0.2) is 0 Å². The first kappa shape index (κ1) is 15.6. The molecule has 0 amide bonds. The second kappa shape index (κ2) is 14.6. The summed E-state index contributed by atoms with van der Waals surface area (Å²) in [5.41, 5.74) is 0. The number of allylic oxidation sites excluding steroid dienone is 3. The molecular formula is C17H24. The summed E-state index contributed by atoms with van der Waals surface area (Å²) in [5, 5.41) is 0. The Hall–Kier alpha value is -1.40. The average Bonchev–Trinajstić information content (AvgIpc) is 2.35. The smallest absolute Gasteiger partial charge is 0.0279 e. The fraction of sp³-hybridized carbons (Fsp3) is 0.529. The molecule has 0 N–H and O–H groups in total. The molecule has 0 aliphatic carbocycles. The minimum Gasteiger partial charge on any atom is -0.102 e. The van der Waals surface area contributed by atoms with E-state index < -0.39 is 0 Å². The summed E-state index contributed by atoms with van der Waals surface area (Å²) in [6.07, 6.45) is 15.6. The summed E-state index contributed by atoms with van der Waals surface area (Å²) >= 11 is 0. The van der Waals surface area contributed by atoms with Crippen molar-refractivity contribution in [3.8, 4) is 23.7 Å². The molecule has 0 saturated carbocycles. The second-order valence-corrected chi connectivity index (χ2v) is 3.97. The Bertz CT molecular complexity index is 311. The van der Waals surface area contributed by atoms with E-state index in [2.05, 4.69) is 49.3 Å². The van der Waals surface area contributed by atoms with Gasteiger partial charge in [-0.3, -0.25) is 0 Å². The molecule has 17 heavy (non-hydrogen) atoms. The van der Waals surface area contributed by atoms with Crippen molar-refractivity contribution in [3.05, 3.63) is 24.8 Å². The van der Waals surface area contributed by atoms with Crippen LogP contribution in [0.25, 0.3) is 0 Å². The molecule has 0 aromatic heterocycles. The van der Waals surface area contributed by atoms with E-state index in [1.807, 2.05) is 0 Å². The third-order valence-corrected chi connectivity index (χ3v) is 2.35. The van der Waals surface area contributed by atoms with Gasteiger partial charge in [0.2, 0.25) is 0 Å². The Kier molecular flexibility index (Phi) is 13.4. The van der Waals surface area contributed by atoms with Crippen LogP contribution in [0, 0.1) is 23.7 Å². The van der Waals surface area contributed by atoms with Crippen LogP contribution in [0.15, 0.2) is 24.8 Å². The molecule has 0 saturated heterocycles. The lowest BCUT2D eigenvalue weighted by atomic mass is 10.1. The highest BCUT2D eigenvalue weighted by molar-refractivity contribution is 5.27. The van der Waals surface area contributed by atoms with E-state index >= 15 is 0 Å². The molecule has 0 fully saturated rings. The van der Waals surface area contributed by atoms with Crippen LogP contribution in [0.1, 0.15) is 58.3 Å². The van der Waals surface area contributed by atoms with Crippen LogP contribution in [-0.2, 0) is 0 Å². The number of rotatable bonds is 8. The predicted octanol–water partition coefficient (Wildman–Crippen LogP) is 4.88. The first-order chi connectivity index (χ1) is 8.41. The minimum absolute atomic E-state index is 0.724. The van der Waals surface area contributed by atoms with Crippen molar-refractivity contribution in [1.82, 2.24) is 0 Å². The molecule has 0 nitrogen and oxygen atoms in total. The van der Waals surface area contributed by atoms with Crippen molar-refractivity contribution in [1.29, 1.82) is 0 Å². The van der Waals surface area contributed by atoms with Gasteiger partial charge in [-0.1, -0.05) is 62.7 Å². The van der Waals surface area contributed by atoms with Gasteiger partial charge in [-0.05, 0) is 24.7 Å². The van der Waals surface area contributed by atoms with Crippen molar-refractivity contribution in [2.45, 2.75) is 58.3 Å². The molecule has 0 heterocycles. The maximum atomic E-state index is 3.59. The topological polar surface area (TPSA) is 0 Å². The number of hydrogen-bond acceptors (Lipinski definition) is 0. The Labute approximate surface area is 107 Å². The van der Waals surface area contributed by atoms with Crippen molar-refractivity contribution >= 4 is 0 Å². The highest BCUT2D eigenvalue weighted by atomic mass is 13.9. The largest absolute Gasteiger partial charge is 0.102 e. The van der Waals surface area contributed by atoms with Crippen molar-refractivity contribution in [2.75, 3.05) is 0 Å². The van der Waals surface area contributed by atoms with E-state index in [0.29, 0.717) is 0 Å². The molecule has 0 aromatic rings. The highest BCUT2D eigenvalue weighted by Gasteiger charge is 1.85. The fourth-order valence-corrected chi connectivity index (χ4v) is 1.39. The first-order valence-corrected chi connectivity index (χ1v) is 6.63. The van der Waals surface area contributed by atoms with Gasteiger partial charge in [-0.2, -0.15) is 0 Å². The van der Waals surface area contributed by atoms with Gasteiger partial charge >= 0.3 is 0 Å². The summed E-state index contributed by atoms with van der Waals surface area (Å²) in [4.78, 5) is 0. The molecule has 0 aromatic carbocycles. The molecule has 0 spiro atoms. The van der Waals surface area contributed by atoms with E-state index in [-0.39, 0.29) is 0 Å². The summed E-state index contributed by atoms with van der Waals surface area (Å²) in [7, 11) is 0. The van der Waals surface area contributed by atoms with Gasteiger partial charge in [0, 0.05) is 12.8 Å². The van der Waals surface area contributed by atoms with Crippen molar-refractivity contribution < 1.29 is 0 Å². The molecule has 0 unspecified atom stereocenters. The molecule has 92 valence electrons. The Morgan fingerprint density at radius 3 is 2.29 bits per heavy atom. The molecular weight excluding hydrogens is 204 g/mol. The SMILES string of the molecule is C=CCC#CC#CCC=CCCCCCCC. The zero-order chi connectivity index (χ0) is 12.6. The molecule has 0 aliphatic heterocycles. The summed E-state index contributed by atoms with van der Waals surface area (Å²) in [6, 6.07) is 0. The van der Waals surface area contributed by atoms with Crippen LogP contribution < -0.4 is 0 Å². The molecule has 0 radical (unpaired) electrons. The Morgan fingerprint density at radius 1 is 0.882 bits per heavy atom. The van der Waals surface area contributed by atoms with E-state index in [4.69, 9.17) is 0 Å². The summed E-state index contributed by atoms with van der Waals surface area (Å²) in [5.74, 6) is 11.5. The van der Waals surface area contributed by atoms with E-state index in [0.717, 1.165) is 12.8 Å². The standard InChI is InChI=1S/C17H24/c1-3-5-7-9-11-13-15-17-16-14-12-10-8-6-4-2/h3,16-17H,1,4-6,8,10,12,14-15H2,2H3. The van der Waals surface area contributed by atoms with Gasteiger partial charge < -0.3 is 0 Å². The minimum atomic E-state index is 0.724. The van der Waals surface area contributed by atoms with Crippen LogP contribution in [-0.4, -0.2) is 0 Å². The lowest BCUT2D eigenvalue weighted by molar-refractivity contribution is 0.637. The van der Waals surface area contributed by atoms with E-state index in [9.17, 15) is 0 Å². The highest BCUT2D eigenvalue weighted by Crippen LogP contribution is 2.05. The Morgan fingerprint density at radius 2 is 1.59 bits per heavy atom. The van der Waals surface area contributed by atoms with Gasteiger partial charge in [0.25, 0.3) is 0 Å². The average molecular weight is 228 g/mol. The zero-order valence-corrected chi connectivity index (χ0v) is 11.1. The molecule has 0 heteroatoms. The molecule has 0 bridgehead atoms. The maximum Gasteiger partial charge on any atom is 0.0279 e. The number of unbranched alkanes of at least 4 members (excludes halogenated alkanes) is 5. The van der Waals surface area contributed by atoms with Crippen molar-refractivity contribution in [3.63, 3.8) is 0 Å². The normalized spacial score (nSPS) is 9.24. The van der Waals surface area contributed by atoms with Crippen molar-refractivity contribution in [2.24, 2.45) is 0 Å². The lowest BCUT2D eigenvalue weighted by Gasteiger charge is -1.95. The van der Waals surface area contributed by atoms with Crippen LogP contribution in [0.4, 0.5) is 0 Å². The molecule has 0 rings (SSSR count). The summed E-state index contributed by atoms with van der Waals surface area (Å²) < 4.78 is 0. The predicted molar refractivity (Wildman–Crippen MR) is 77.5 cm³/mol. The zero-order valence-electron chi connectivity index (χ0n) is 11.1. The van der Waals surface area contributed by atoms with Gasteiger partial charge in [-0.15, -0.1) is 6.58 Å². The third-order valence-electron chi connectivity index (χ3n) is 2.35. The molecule has 0 aliphatic rings. The second-order valence-electron chi connectivity index (χ2n) is 3.97. The number of hydrogen-bond donors (Lipinski definition) is 0. The monoisotopic (exact) mass is 228 g/mol. The van der Waals surface area contributed by atoms with E-state index in [1.54, 1.807) is 6.08 Å². The maximum absolute atomic E-state index is 3.59.